The molecule has 0 amide bonds. The Balaban J connectivity index is 1.98. The van der Waals surface area contributed by atoms with Gasteiger partial charge in [0, 0.05) is 11.5 Å². The van der Waals surface area contributed by atoms with E-state index >= 15 is 0 Å². The molecule has 0 aliphatic carbocycles. The highest BCUT2D eigenvalue weighted by molar-refractivity contribution is 5.97. The molecule has 0 radical (unpaired) electrons. The van der Waals surface area contributed by atoms with E-state index in [1.807, 2.05) is 68.4 Å². The predicted molar refractivity (Wildman–Crippen MR) is 76.4 cm³/mol. The maximum absolute atomic E-state index is 11.8. The van der Waals surface area contributed by atoms with Crippen molar-refractivity contribution in [2.24, 2.45) is 5.92 Å². The Kier molecular flexibility index (Phi) is 4.35. The lowest BCUT2D eigenvalue weighted by molar-refractivity contribution is 0.0939. The third kappa shape index (κ3) is 3.68. The van der Waals surface area contributed by atoms with Crippen LogP contribution in [0.15, 0.2) is 54.6 Å². The number of ether oxygens (including phenoxy) is 1. The van der Waals surface area contributed by atoms with Crippen LogP contribution in [-0.2, 0) is 6.61 Å². The molecule has 0 bridgehead atoms. The molecule has 19 heavy (non-hydrogen) atoms. The van der Waals surface area contributed by atoms with Crippen molar-refractivity contribution in [1.82, 2.24) is 0 Å². The number of ketones is 1. The average molecular weight is 254 g/mol. The maximum atomic E-state index is 11.8. The normalized spacial score (nSPS) is 10.5. The summed E-state index contributed by atoms with van der Waals surface area (Å²) in [6.07, 6.45) is 0. The van der Waals surface area contributed by atoms with Gasteiger partial charge in [-0.1, -0.05) is 44.2 Å². The molecule has 0 heterocycles. The minimum absolute atomic E-state index is 0.0242. The van der Waals surface area contributed by atoms with Crippen LogP contribution in [0.4, 0.5) is 0 Å². The molecule has 0 aliphatic rings. The first kappa shape index (κ1) is 13.3. The highest BCUT2D eigenvalue weighted by atomic mass is 16.5. The molecular formula is C17H18O2. The van der Waals surface area contributed by atoms with Gasteiger partial charge in [-0.3, -0.25) is 4.79 Å². The fourth-order valence-electron chi connectivity index (χ4n) is 1.79. The molecule has 0 spiro atoms. The molecule has 2 aromatic carbocycles. The fraction of sp³-hybridized carbons (Fsp3) is 0.235. The monoisotopic (exact) mass is 254 g/mol. The van der Waals surface area contributed by atoms with Gasteiger partial charge in [-0.15, -0.1) is 0 Å². The molecule has 0 fully saturated rings. The van der Waals surface area contributed by atoms with Crippen LogP contribution in [0.3, 0.4) is 0 Å². The Morgan fingerprint density at radius 3 is 2.21 bits per heavy atom. The number of hydrogen-bond donors (Lipinski definition) is 0. The molecule has 0 saturated heterocycles. The topological polar surface area (TPSA) is 26.3 Å². The molecule has 2 nitrogen and oxygen atoms in total. The molecule has 0 N–H and O–H groups in total. The first-order chi connectivity index (χ1) is 9.16. The number of benzene rings is 2. The van der Waals surface area contributed by atoms with Crippen LogP contribution < -0.4 is 4.74 Å². The smallest absolute Gasteiger partial charge is 0.165 e. The average Bonchev–Trinajstić information content (AvgIpc) is 2.46. The van der Waals surface area contributed by atoms with Crippen LogP contribution in [0, 0.1) is 5.92 Å². The molecule has 2 aromatic rings. The molecule has 0 unspecified atom stereocenters. The Morgan fingerprint density at radius 2 is 1.63 bits per heavy atom. The Bertz CT molecular complexity index is 527. The summed E-state index contributed by atoms with van der Waals surface area (Å²) in [4.78, 5) is 11.8. The van der Waals surface area contributed by atoms with Gasteiger partial charge in [0.2, 0.25) is 0 Å². The van der Waals surface area contributed by atoms with E-state index in [9.17, 15) is 4.79 Å². The van der Waals surface area contributed by atoms with E-state index < -0.39 is 0 Å². The second-order valence-electron chi connectivity index (χ2n) is 4.82. The summed E-state index contributed by atoms with van der Waals surface area (Å²) in [7, 11) is 0. The van der Waals surface area contributed by atoms with Crippen molar-refractivity contribution in [2.75, 3.05) is 0 Å². The third-order valence-electron chi connectivity index (χ3n) is 2.91. The molecule has 0 atom stereocenters. The molecule has 0 aliphatic heterocycles. The Labute approximate surface area is 114 Å². The number of carbonyl (C=O) groups is 1. The Morgan fingerprint density at radius 1 is 1.00 bits per heavy atom. The van der Waals surface area contributed by atoms with Gasteiger partial charge in [-0.05, 0) is 29.8 Å². The standard InChI is InChI=1S/C17H18O2/c1-13(2)17(18)15-8-10-16(11-9-15)19-12-14-6-4-3-5-7-14/h3-11,13H,12H2,1-2H3. The van der Waals surface area contributed by atoms with Gasteiger partial charge < -0.3 is 4.74 Å². The number of rotatable bonds is 5. The maximum Gasteiger partial charge on any atom is 0.165 e. The highest BCUT2D eigenvalue weighted by Crippen LogP contribution is 2.16. The van der Waals surface area contributed by atoms with E-state index in [0.29, 0.717) is 6.61 Å². The van der Waals surface area contributed by atoms with Crippen LogP contribution >= 0.6 is 0 Å². The lowest BCUT2D eigenvalue weighted by atomic mass is 10.0. The molecule has 2 rings (SSSR count). The summed E-state index contributed by atoms with van der Waals surface area (Å²) in [5.41, 5.74) is 1.87. The fourth-order valence-corrected chi connectivity index (χ4v) is 1.79. The summed E-state index contributed by atoms with van der Waals surface area (Å²) in [5.74, 6) is 0.967. The van der Waals surface area contributed by atoms with Gasteiger partial charge in [0.1, 0.15) is 12.4 Å². The van der Waals surface area contributed by atoms with E-state index in [1.165, 1.54) is 0 Å². The molecule has 98 valence electrons. The molecule has 0 saturated carbocycles. The summed E-state index contributed by atoms with van der Waals surface area (Å²) in [6, 6.07) is 17.3. The van der Waals surface area contributed by atoms with Crippen LogP contribution in [0.2, 0.25) is 0 Å². The van der Waals surface area contributed by atoms with Crippen molar-refractivity contribution in [3.8, 4) is 5.75 Å². The van der Waals surface area contributed by atoms with Crippen molar-refractivity contribution in [2.45, 2.75) is 20.5 Å². The molecule has 0 aromatic heterocycles. The second kappa shape index (κ2) is 6.19. The van der Waals surface area contributed by atoms with Crippen LogP contribution in [0.1, 0.15) is 29.8 Å². The largest absolute Gasteiger partial charge is 0.489 e. The van der Waals surface area contributed by atoms with Gasteiger partial charge in [-0.2, -0.15) is 0 Å². The molecular weight excluding hydrogens is 236 g/mol. The van der Waals surface area contributed by atoms with Crippen molar-refractivity contribution in [1.29, 1.82) is 0 Å². The van der Waals surface area contributed by atoms with E-state index in [4.69, 9.17) is 4.74 Å². The summed E-state index contributed by atoms with van der Waals surface area (Å²) >= 11 is 0. The summed E-state index contributed by atoms with van der Waals surface area (Å²) < 4.78 is 5.68. The second-order valence-corrected chi connectivity index (χ2v) is 4.82. The van der Waals surface area contributed by atoms with Crippen LogP contribution in [0.5, 0.6) is 5.75 Å². The first-order valence-corrected chi connectivity index (χ1v) is 6.48. The summed E-state index contributed by atoms with van der Waals surface area (Å²) in [6.45, 7) is 4.35. The van der Waals surface area contributed by atoms with E-state index in [1.54, 1.807) is 0 Å². The minimum atomic E-state index is 0.0242. The van der Waals surface area contributed by atoms with Gasteiger partial charge >= 0.3 is 0 Å². The number of carbonyl (C=O) groups excluding carboxylic acids is 1. The van der Waals surface area contributed by atoms with Gasteiger partial charge in [0.15, 0.2) is 5.78 Å². The van der Waals surface area contributed by atoms with Gasteiger partial charge in [0.05, 0.1) is 0 Å². The molecule has 2 heteroatoms. The van der Waals surface area contributed by atoms with E-state index in [0.717, 1.165) is 16.9 Å². The van der Waals surface area contributed by atoms with Crippen LogP contribution in [-0.4, -0.2) is 5.78 Å². The van der Waals surface area contributed by atoms with Crippen molar-refractivity contribution in [3.63, 3.8) is 0 Å². The lowest BCUT2D eigenvalue weighted by Gasteiger charge is -2.08. The van der Waals surface area contributed by atoms with E-state index in [-0.39, 0.29) is 11.7 Å². The van der Waals surface area contributed by atoms with Crippen LogP contribution in [0.25, 0.3) is 0 Å². The highest BCUT2D eigenvalue weighted by Gasteiger charge is 2.09. The quantitative estimate of drug-likeness (QED) is 0.751. The minimum Gasteiger partial charge on any atom is -0.489 e. The zero-order chi connectivity index (χ0) is 13.7. The zero-order valence-electron chi connectivity index (χ0n) is 11.3. The predicted octanol–water partition coefficient (Wildman–Crippen LogP) is 4.10. The van der Waals surface area contributed by atoms with Crippen molar-refractivity contribution >= 4 is 5.78 Å². The van der Waals surface area contributed by atoms with Crippen molar-refractivity contribution in [3.05, 3.63) is 65.7 Å². The van der Waals surface area contributed by atoms with E-state index in [2.05, 4.69) is 0 Å². The van der Waals surface area contributed by atoms with Crippen molar-refractivity contribution < 1.29 is 9.53 Å². The summed E-state index contributed by atoms with van der Waals surface area (Å²) in [5, 5.41) is 0. The Hall–Kier alpha value is -2.09. The number of Topliss-reactive ketones (excluding diaryl/α,β-unsaturated/α-hetero) is 1. The zero-order valence-corrected chi connectivity index (χ0v) is 11.3. The SMILES string of the molecule is CC(C)C(=O)c1ccc(OCc2ccccc2)cc1. The lowest BCUT2D eigenvalue weighted by Crippen LogP contribution is -2.07. The number of hydrogen-bond acceptors (Lipinski definition) is 2. The van der Waals surface area contributed by atoms with Gasteiger partial charge in [-0.25, -0.2) is 0 Å². The van der Waals surface area contributed by atoms with Gasteiger partial charge in [0.25, 0.3) is 0 Å². The first-order valence-electron chi connectivity index (χ1n) is 6.48. The third-order valence-corrected chi connectivity index (χ3v) is 2.91.